The lowest BCUT2D eigenvalue weighted by Gasteiger charge is -2.10. The van der Waals surface area contributed by atoms with Gasteiger partial charge in [-0.25, -0.2) is 9.59 Å². The first-order valence-electron chi connectivity index (χ1n) is 13.8. The molecule has 38 heavy (non-hydrogen) atoms. The third kappa shape index (κ3) is 23.9. The third-order valence-electron chi connectivity index (χ3n) is 5.25. The number of carboxylic acids is 1. The second-order valence-corrected chi connectivity index (χ2v) is 8.89. The Labute approximate surface area is 228 Å². The summed E-state index contributed by atoms with van der Waals surface area (Å²) in [5, 5.41) is 31.4. The molecule has 9 heteroatoms. The van der Waals surface area contributed by atoms with Gasteiger partial charge in [0.2, 0.25) is 0 Å². The summed E-state index contributed by atoms with van der Waals surface area (Å²) in [4.78, 5) is 33.7. The molecule has 0 fully saturated rings. The van der Waals surface area contributed by atoms with E-state index < -0.39 is 24.0 Å². The minimum atomic E-state index is -0.954. The molecule has 1 aromatic carbocycles. The highest BCUT2D eigenvalue weighted by atomic mass is 16.5. The van der Waals surface area contributed by atoms with Gasteiger partial charge in [0.05, 0.1) is 37.6 Å². The zero-order chi connectivity index (χ0) is 29.0. The van der Waals surface area contributed by atoms with Crippen LogP contribution in [0.5, 0.6) is 0 Å². The quantitative estimate of drug-likeness (QED) is 0.146. The van der Waals surface area contributed by atoms with Gasteiger partial charge in [-0.05, 0) is 25.0 Å². The number of unbranched alkanes of at least 4 members (excludes halogenated alkanes) is 10. The van der Waals surface area contributed by atoms with E-state index in [-0.39, 0.29) is 13.2 Å². The number of carbonyl (C=O) groups is 3. The van der Waals surface area contributed by atoms with Crippen LogP contribution in [-0.4, -0.2) is 70.9 Å². The van der Waals surface area contributed by atoms with Gasteiger partial charge in [0, 0.05) is 6.92 Å². The molecule has 1 aromatic rings. The molecule has 0 saturated heterocycles. The average Bonchev–Trinajstić information content (AvgIpc) is 2.91. The van der Waals surface area contributed by atoms with Crippen molar-refractivity contribution in [1.82, 2.24) is 0 Å². The Hall–Kier alpha value is -2.49. The lowest BCUT2D eigenvalue weighted by molar-refractivity contribution is -0.134. The maximum absolute atomic E-state index is 12.4. The highest BCUT2D eigenvalue weighted by Crippen LogP contribution is 2.14. The summed E-state index contributed by atoms with van der Waals surface area (Å²) in [5.74, 6) is -1.72. The molecule has 0 atom stereocenters. The molecule has 0 aliphatic heterocycles. The zero-order valence-electron chi connectivity index (χ0n) is 23.5. The Morgan fingerprint density at radius 1 is 0.684 bits per heavy atom. The van der Waals surface area contributed by atoms with E-state index in [1.807, 2.05) is 0 Å². The highest BCUT2D eigenvalue weighted by Gasteiger charge is 2.18. The number of aliphatic hydroxyl groups excluding tert-OH is 3. The van der Waals surface area contributed by atoms with Gasteiger partial charge in [0.1, 0.15) is 6.10 Å². The fraction of sp³-hybridized carbons (Fsp3) is 0.690. The Morgan fingerprint density at radius 2 is 1.00 bits per heavy atom. The summed E-state index contributed by atoms with van der Waals surface area (Å²) >= 11 is 0. The molecule has 4 N–H and O–H groups in total. The molecule has 0 aromatic heterocycles. The van der Waals surface area contributed by atoms with Gasteiger partial charge in [-0.2, -0.15) is 0 Å². The molecule has 0 heterocycles. The second-order valence-electron chi connectivity index (χ2n) is 8.89. The minimum absolute atomic E-state index is 0.293. The predicted molar refractivity (Wildman–Crippen MR) is 147 cm³/mol. The van der Waals surface area contributed by atoms with Crippen molar-refractivity contribution in [2.45, 2.75) is 104 Å². The van der Waals surface area contributed by atoms with Crippen LogP contribution in [0.2, 0.25) is 0 Å². The Kier molecular flexibility index (Phi) is 27.3. The normalized spacial score (nSPS) is 10.1. The molecular formula is C29H50O9. The minimum Gasteiger partial charge on any atom is -0.481 e. The average molecular weight is 543 g/mol. The number of benzene rings is 1. The zero-order valence-corrected chi connectivity index (χ0v) is 23.5. The summed E-state index contributed by atoms with van der Waals surface area (Å²) in [7, 11) is 0. The number of rotatable bonds is 18. The van der Waals surface area contributed by atoms with Crippen LogP contribution < -0.4 is 0 Å². The number of carbonyl (C=O) groups excluding carboxylic acids is 2. The van der Waals surface area contributed by atoms with Crippen LogP contribution in [0.1, 0.15) is 119 Å². The van der Waals surface area contributed by atoms with E-state index in [0.29, 0.717) is 24.3 Å². The summed E-state index contributed by atoms with van der Waals surface area (Å²) in [6, 6.07) is 6.74. The standard InChI is InChI=1S/C24H38O4.C3H8O3.C2H4O2/c1-3-5-7-9-11-15-19-27-23(25)21-17-13-14-18-22(21)24(26)28-20-16-12-10-8-6-4-2;4-1-3(6)2-5;1-2(3)4/h13-14,17-18H,3-12,15-16,19-20H2,1-2H3;3-6H,1-2H2;1H3,(H,3,4). The number of ether oxygens (including phenoxy) is 2. The van der Waals surface area contributed by atoms with Crippen molar-refractivity contribution in [3.63, 3.8) is 0 Å². The van der Waals surface area contributed by atoms with Gasteiger partial charge in [0.15, 0.2) is 0 Å². The maximum atomic E-state index is 12.4. The van der Waals surface area contributed by atoms with Crippen molar-refractivity contribution in [3.05, 3.63) is 35.4 Å². The molecule has 0 aliphatic carbocycles. The molecule has 0 aliphatic rings. The van der Waals surface area contributed by atoms with Crippen molar-refractivity contribution < 1.29 is 44.3 Å². The van der Waals surface area contributed by atoms with Crippen LogP contribution in [0.3, 0.4) is 0 Å². The molecule has 0 radical (unpaired) electrons. The van der Waals surface area contributed by atoms with Crippen molar-refractivity contribution in [3.8, 4) is 0 Å². The van der Waals surface area contributed by atoms with Gasteiger partial charge in [-0.1, -0.05) is 90.2 Å². The number of hydrogen-bond donors (Lipinski definition) is 4. The fourth-order valence-electron chi connectivity index (χ4n) is 3.15. The van der Waals surface area contributed by atoms with Gasteiger partial charge < -0.3 is 29.9 Å². The Bertz CT molecular complexity index is 665. The molecule has 9 nitrogen and oxygen atoms in total. The number of carboxylic acid groups (broad SMARTS) is 1. The van der Waals surface area contributed by atoms with Crippen LogP contribution in [0.15, 0.2) is 24.3 Å². The molecule has 0 bridgehead atoms. The van der Waals surface area contributed by atoms with E-state index in [9.17, 15) is 9.59 Å². The molecule has 0 saturated carbocycles. The fourth-order valence-corrected chi connectivity index (χ4v) is 3.15. The van der Waals surface area contributed by atoms with Crippen LogP contribution in [0, 0.1) is 0 Å². The highest BCUT2D eigenvalue weighted by molar-refractivity contribution is 6.03. The van der Waals surface area contributed by atoms with Crippen molar-refractivity contribution in [1.29, 1.82) is 0 Å². The first-order valence-corrected chi connectivity index (χ1v) is 13.8. The van der Waals surface area contributed by atoms with E-state index in [4.69, 9.17) is 34.7 Å². The molecule has 0 unspecified atom stereocenters. The van der Waals surface area contributed by atoms with Gasteiger partial charge >= 0.3 is 11.9 Å². The largest absolute Gasteiger partial charge is 0.481 e. The monoisotopic (exact) mass is 542 g/mol. The summed E-state index contributed by atoms with van der Waals surface area (Å²) in [6.45, 7) is 5.53. The maximum Gasteiger partial charge on any atom is 0.339 e. The molecule has 1 rings (SSSR count). The van der Waals surface area contributed by atoms with Crippen LogP contribution in [0.25, 0.3) is 0 Å². The van der Waals surface area contributed by atoms with Crippen molar-refractivity contribution in [2.24, 2.45) is 0 Å². The third-order valence-corrected chi connectivity index (χ3v) is 5.25. The molecule has 0 spiro atoms. The van der Waals surface area contributed by atoms with Gasteiger partial charge in [-0.3, -0.25) is 4.79 Å². The van der Waals surface area contributed by atoms with E-state index in [0.717, 1.165) is 32.6 Å². The smallest absolute Gasteiger partial charge is 0.339 e. The van der Waals surface area contributed by atoms with Crippen LogP contribution in [0.4, 0.5) is 0 Å². The van der Waals surface area contributed by atoms with Gasteiger partial charge in [0.25, 0.3) is 5.97 Å². The molecule has 0 amide bonds. The number of esters is 2. The predicted octanol–water partition coefficient (Wildman–Crippen LogP) is 5.14. The second kappa shape index (κ2) is 27.5. The number of aliphatic carboxylic acids is 1. The first-order chi connectivity index (χ1) is 18.2. The Morgan fingerprint density at radius 3 is 1.29 bits per heavy atom. The SMILES string of the molecule is CC(=O)O.CCCCCCCCOC(=O)c1ccccc1C(=O)OCCCCCCCC.OCC(O)CO. The van der Waals surface area contributed by atoms with E-state index in [1.165, 1.54) is 51.4 Å². The van der Waals surface area contributed by atoms with E-state index in [2.05, 4.69) is 13.8 Å². The number of aliphatic hydroxyl groups is 3. The van der Waals surface area contributed by atoms with Gasteiger partial charge in [-0.15, -0.1) is 0 Å². The summed E-state index contributed by atoms with van der Waals surface area (Å²) in [5.41, 5.74) is 0.586. The summed E-state index contributed by atoms with van der Waals surface area (Å²) in [6.07, 6.45) is 12.7. The van der Waals surface area contributed by atoms with Crippen molar-refractivity contribution in [2.75, 3.05) is 26.4 Å². The van der Waals surface area contributed by atoms with E-state index in [1.54, 1.807) is 24.3 Å². The lowest BCUT2D eigenvalue weighted by atomic mass is 10.1. The van der Waals surface area contributed by atoms with E-state index >= 15 is 0 Å². The molecular weight excluding hydrogens is 492 g/mol. The van der Waals surface area contributed by atoms with Crippen molar-refractivity contribution >= 4 is 17.9 Å². The summed E-state index contributed by atoms with van der Waals surface area (Å²) < 4.78 is 10.7. The Balaban J connectivity index is 0. The lowest BCUT2D eigenvalue weighted by Crippen LogP contribution is -2.15. The van der Waals surface area contributed by atoms with Crippen LogP contribution >= 0.6 is 0 Å². The van der Waals surface area contributed by atoms with Crippen LogP contribution in [-0.2, 0) is 14.3 Å². The molecule has 220 valence electrons. The first kappa shape index (κ1) is 37.7. The number of hydrogen-bond acceptors (Lipinski definition) is 8. The topological polar surface area (TPSA) is 151 Å².